The predicted octanol–water partition coefficient (Wildman–Crippen LogP) is 2.42. The van der Waals surface area contributed by atoms with E-state index in [1.165, 1.54) is 0 Å². The second-order valence-corrected chi connectivity index (χ2v) is 6.62. The fourth-order valence-corrected chi connectivity index (χ4v) is 2.07. The number of hydrogen-bond donors (Lipinski definition) is 2. The molecule has 5 nitrogen and oxygen atoms in total. The molecule has 5 heteroatoms. The van der Waals surface area contributed by atoms with E-state index < -0.39 is 0 Å². The molecule has 0 amide bonds. The Morgan fingerprint density at radius 3 is 2.60 bits per heavy atom. The molecule has 0 fully saturated rings. The molecule has 20 heavy (non-hydrogen) atoms. The van der Waals surface area contributed by atoms with Crippen molar-refractivity contribution in [3.63, 3.8) is 0 Å². The average Bonchev–Trinajstić information content (AvgIpc) is 2.79. The van der Waals surface area contributed by atoms with Crippen molar-refractivity contribution in [3.8, 4) is 0 Å². The highest BCUT2D eigenvalue weighted by atomic mass is 15.2. The Kier molecular flexibility index (Phi) is 3.99. The molecule has 110 valence electrons. The first-order valence-corrected chi connectivity index (χ1v) is 7.14. The van der Waals surface area contributed by atoms with Crippen LogP contribution in [0, 0.1) is 5.92 Å². The van der Waals surface area contributed by atoms with Gasteiger partial charge < -0.3 is 11.1 Å². The summed E-state index contributed by atoms with van der Waals surface area (Å²) in [5, 5.41) is 8.07. The summed E-state index contributed by atoms with van der Waals surface area (Å²) in [6.45, 7) is 11.4. The van der Waals surface area contributed by atoms with Crippen LogP contribution in [0.4, 0.5) is 5.82 Å². The number of aromatic nitrogens is 3. The summed E-state index contributed by atoms with van der Waals surface area (Å²) in [5.41, 5.74) is 7.90. The molecule has 1 atom stereocenters. The third kappa shape index (κ3) is 2.93. The minimum Gasteiger partial charge on any atom is -0.364 e. The van der Waals surface area contributed by atoms with E-state index in [-0.39, 0.29) is 11.5 Å². The molecule has 0 radical (unpaired) electrons. The molecule has 0 aliphatic rings. The third-order valence-corrected chi connectivity index (χ3v) is 3.54. The SMILES string of the molecule is CC(C)C(CN)Nc1nccn2nc(C(C)(C)C)cc12. The quantitative estimate of drug-likeness (QED) is 0.899. The molecule has 2 aromatic rings. The van der Waals surface area contributed by atoms with Crippen LogP contribution in [0.5, 0.6) is 0 Å². The van der Waals surface area contributed by atoms with E-state index in [0.717, 1.165) is 17.0 Å². The summed E-state index contributed by atoms with van der Waals surface area (Å²) in [6.07, 6.45) is 3.64. The van der Waals surface area contributed by atoms with Crippen molar-refractivity contribution in [2.24, 2.45) is 11.7 Å². The zero-order valence-corrected chi connectivity index (χ0v) is 13.0. The van der Waals surface area contributed by atoms with E-state index in [1.807, 2.05) is 10.7 Å². The highest BCUT2D eigenvalue weighted by molar-refractivity contribution is 5.68. The zero-order valence-electron chi connectivity index (χ0n) is 13.0. The number of hydrogen-bond acceptors (Lipinski definition) is 4. The van der Waals surface area contributed by atoms with Crippen LogP contribution >= 0.6 is 0 Å². The minimum absolute atomic E-state index is 0.0224. The molecule has 0 aromatic carbocycles. The summed E-state index contributed by atoms with van der Waals surface area (Å²) in [7, 11) is 0. The molecule has 0 aliphatic heterocycles. The average molecular weight is 275 g/mol. The first-order chi connectivity index (χ1) is 9.32. The van der Waals surface area contributed by atoms with Gasteiger partial charge in [0.15, 0.2) is 5.82 Å². The second-order valence-electron chi connectivity index (χ2n) is 6.62. The highest BCUT2D eigenvalue weighted by Crippen LogP contribution is 2.25. The monoisotopic (exact) mass is 275 g/mol. The molecule has 0 saturated carbocycles. The van der Waals surface area contributed by atoms with Crippen LogP contribution in [0.2, 0.25) is 0 Å². The molecular formula is C15H25N5. The number of fused-ring (bicyclic) bond motifs is 1. The Morgan fingerprint density at radius 2 is 2.05 bits per heavy atom. The maximum absolute atomic E-state index is 5.83. The molecular weight excluding hydrogens is 250 g/mol. The second kappa shape index (κ2) is 5.40. The number of anilines is 1. The van der Waals surface area contributed by atoms with Gasteiger partial charge in [0.25, 0.3) is 0 Å². The lowest BCUT2D eigenvalue weighted by molar-refractivity contribution is 0.530. The van der Waals surface area contributed by atoms with Crippen LogP contribution in [0.15, 0.2) is 18.5 Å². The van der Waals surface area contributed by atoms with E-state index >= 15 is 0 Å². The smallest absolute Gasteiger partial charge is 0.152 e. The van der Waals surface area contributed by atoms with Crippen LogP contribution in [-0.2, 0) is 5.41 Å². The van der Waals surface area contributed by atoms with Gasteiger partial charge in [-0.15, -0.1) is 0 Å². The molecule has 0 aliphatic carbocycles. The molecule has 1 unspecified atom stereocenters. The number of rotatable bonds is 4. The number of nitrogens with one attached hydrogen (secondary N) is 1. The molecule has 2 aromatic heterocycles. The van der Waals surface area contributed by atoms with Gasteiger partial charge in [0, 0.05) is 30.4 Å². The van der Waals surface area contributed by atoms with Gasteiger partial charge in [0.05, 0.1) is 5.69 Å². The van der Waals surface area contributed by atoms with E-state index in [4.69, 9.17) is 5.73 Å². The fourth-order valence-electron chi connectivity index (χ4n) is 2.07. The topological polar surface area (TPSA) is 68.2 Å². The molecule has 2 rings (SSSR count). The molecule has 0 bridgehead atoms. The molecule has 2 heterocycles. The van der Waals surface area contributed by atoms with Crippen molar-refractivity contribution >= 4 is 11.3 Å². The van der Waals surface area contributed by atoms with Crippen molar-refractivity contribution < 1.29 is 0 Å². The maximum atomic E-state index is 5.83. The summed E-state index contributed by atoms with van der Waals surface area (Å²) in [4.78, 5) is 4.44. The zero-order chi connectivity index (χ0) is 14.9. The van der Waals surface area contributed by atoms with Crippen molar-refractivity contribution in [1.29, 1.82) is 0 Å². The number of nitrogens with two attached hydrogens (primary N) is 1. The van der Waals surface area contributed by atoms with Crippen molar-refractivity contribution in [2.75, 3.05) is 11.9 Å². The summed E-state index contributed by atoms with van der Waals surface area (Å²) in [6, 6.07) is 2.31. The largest absolute Gasteiger partial charge is 0.364 e. The highest BCUT2D eigenvalue weighted by Gasteiger charge is 2.20. The van der Waals surface area contributed by atoms with Crippen LogP contribution in [-0.4, -0.2) is 27.2 Å². The molecule has 0 saturated heterocycles. The summed E-state index contributed by atoms with van der Waals surface area (Å²) < 4.78 is 1.88. The van der Waals surface area contributed by atoms with Gasteiger partial charge in [-0.25, -0.2) is 9.50 Å². The standard InChI is InChI=1S/C15H25N5/c1-10(2)11(9-16)18-14-12-8-13(15(3,4)5)19-20(12)7-6-17-14/h6-8,10-11H,9,16H2,1-5H3,(H,17,18). The van der Waals surface area contributed by atoms with Gasteiger partial charge in [-0.2, -0.15) is 5.10 Å². The van der Waals surface area contributed by atoms with Gasteiger partial charge in [-0.1, -0.05) is 34.6 Å². The summed E-state index contributed by atoms with van der Waals surface area (Å²) in [5.74, 6) is 1.30. The van der Waals surface area contributed by atoms with Crippen molar-refractivity contribution in [1.82, 2.24) is 14.6 Å². The van der Waals surface area contributed by atoms with Gasteiger partial charge in [0.1, 0.15) is 5.52 Å². The van der Waals surface area contributed by atoms with Gasteiger partial charge in [0.2, 0.25) is 0 Å². The maximum Gasteiger partial charge on any atom is 0.152 e. The van der Waals surface area contributed by atoms with Gasteiger partial charge >= 0.3 is 0 Å². The van der Waals surface area contributed by atoms with Crippen LogP contribution in [0.1, 0.15) is 40.3 Å². The van der Waals surface area contributed by atoms with Crippen LogP contribution in [0.25, 0.3) is 5.52 Å². The van der Waals surface area contributed by atoms with Crippen LogP contribution < -0.4 is 11.1 Å². The van der Waals surface area contributed by atoms with Crippen LogP contribution in [0.3, 0.4) is 0 Å². The Labute approximate surface area is 120 Å². The van der Waals surface area contributed by atoms with Crippen molar-refractivity contribution in [3.05, 3.63) is 24.2 Å². The minimum atomic E-state index is 0.0224. The van der Waals surface area contributed by atoms with E-state index in [9.17, 15) is 0 Å². The Balaban J connectivity index is 2.41. The normalized spacial score (nSPS) is 13.9. The third-order valence-electron chi connectivity index (χ3n) is 3.54. The summed E-state index contributed by atoms with van der Waals surface area (Å²) >= 11 is 0. The lowest BCUT2D eigenvalue weighted by Gasteiger charge is -2.21. The molecule has 3 N–H and O–H groups in total. The fraction of sp³-hybridized carbons (Fsp3) is 0.600. The Hall–Kier alpha value is -1.62. The lowest BCUT2D eigenvalue weighted by Crippen LogP contribution is -2.34. The van der Waals surface area contributed by atoms with E-state index in [0.29, 0.717) is 12.5 Å². The van der Waals surface area contributed by atoms with E-state index in [2.05, 4.69) is 56.1 Å². The predicted molar refractivity (Wildman–Crippen MR) is 83.0 cm³/mol. The number of nitrogens with zero attached hydrogens (tertiary/aromatic N) is 3. The Bertz CT molecular complexity index is 579. The first kappa shape index (κ1) is 14.8. The lowest BCUT2D eigenvalue weighted by atomic mass is 9.92. The van der Waals surface area contributed by atoms with Crippen molar-refractivity contribution in [2.45, 2.75) is 46.1 Å². The Morgan fingerprint density at radius 1 is 1.35 bits per heavy atom. The first-order valence-electron chi connectivity index (χ1n) is 7.14. The van der Waals surface area contributed by atoms with E-state index in [1.54, 1.807) is 6.20 Å². The molecule has 0 spiro atoms. The van der Waals surface area contributed by atoms with Gasteiger partial charge in [-0.3, -0.25) is 0 Å². The van der Waals surface area contributed by atoms with Gasteiger partial charge in [-0.05, 0) is 12.0 Å².